The number of nitrogens with two attached hydrogens (primary N) is 1. The predicted molar refractivity (Wildman–Crippen MR) is 87.7 cm³/mol. The van der Waals surface area contributed by atoms with E-state index < -0.39 is 5.91 Å². The number of anilines is 3. The number of carbonyl (C=O) groups is 1. The Bertz CT molecular complexity index is 746. The molecule has 2 aromatic rings. The van der Waals surface area contributed by atoms with Gasteiger partial charge in [-0.15, -0.1) is 0 Å². The van der Waals surface area contributed by atoms with Crippen molar-refractivity contribution < 1.29 is 4.79 Å². The van der Waals surface area contributed by atoms with Gasteiger partial charge >= 0.3 is 0 Å². The highest BCUT2D eigenvalue weighted by molar-refractivity contribution is 5.99. The van der Waals surface area contributed by atoms with Crippen molar-refractivity contribution in [1.82, 2.24) is 20.4 Å². The molecule has 0 spiro atoms. The van der Waals surface area contributed by atoms with Crippen LogP contribution in [0.2, 0.25) is 0 Å². The number of hydrazine groups is 1. The van der Waals surface area contributed by atoms with Crippen molar-refractivity contribution in [2.24, 2.45) is 5.73 Å². The molecule has 1 aliphatic rings. The standard InChI is InChI=1S/C15H17N7O/c1-22-7-6-12(21-22)20-14-8-13(17-9-18-14)19-11-5-3-2-4-10(11)15(16)23/h2-9,12,21H,1H3,(H2,16,23)(H2,17,18,19,20). The first-order valence-corrected chi connectivity index (χ1v) is 7.03. The summed E-state index contributed by atoms with van der Waals surface area (Å²) in [6, 6.07) is 8.76. The zero-order chi connectivity index (χ0) is 16.2. The number of amides is 1. The summed E-state index contributed by atoms with van der Waals surface area (Å²) in [5.74, 6) is 0.715. The largest absolute Gasteiger partial charge is 0.366 e. The molecule has 1 aromatic carbocycles. The fourth-order valence-electron chi connectivity index (χ4n) is 2.21. The van der Waals surface area contributed by atoms with Crippen LogP contribution in [0.1, 0.15) is 10.4 Å². The quantitative estimate of drug-likeness (QED) is 0.653. The van der Waals surface area contributed by atoms with Crippen LogP contribution in [0.5, 0.6) is 0 Å². The van der Waals surface area contributed by atoms with Crippen molar-refractivity contribution in [1.29, 1.82) is 0 Å². The fourth-order valence-corrected chi connectivity index (χ4v) is 2.21. The summed E-state index contributed by atoms with van der Waals surface area (Å²) in [4.78, 5) is 19.8. The molecule has 0 radical (unpaired) electrons. The smallest absolute Gasteiger partial charge is 0.250 e. The third-order valence-electron chi connectivity index (χ3n) is 3.27. The van der Waals surface area contributed by atoms with Gasteiger partial charge < -0.3 is 21.4 Å². The minimum Gasteiger partial charge on any atom is -0.366 e. The van der Waals surface area contributed by atoms with Gasteiger partial charge in [-0.05, 0) is 18.2 Å². The van der Waals surface area contributed by atoms with Crippen LogP contribution in [0.4, 0.5) is 17.3 Å². The van der Waals surface area contributed by atoms with Crippen molar-refractivity contribution in [3.8, 4) is 0 Å². The van der Waals surface area contributed by atoms with E-state index in [1.165, 1.54) is 6.33 Å². The van der Waals surface area contributed by atoms with Crippen molar-refractivity contribution >= 4 is 23.2 Å². The number of hydrogen-bond acceptors (Lipinski definition) is 7. The van der Waals surface area contributed by atoms with Gasteiger partial charge in [-0.3, -0.25) is 4.79 Å². The van der Waals surface area contributed by atoms with E-state index in [4.69, 9.17) is 5.73 Å². The number of benzene rings is 1. The maximum atomic E-state index is 11.5. The average Bonchev–Trinajstić information content (AvgIpc) is 2.93. The highest BCUT2D eigenvalue weighted by atomic mass is 16.1. The van der Waals surface area contributed by atoms with Gasteiger partial charge in [0.25, 0.3) is 5.91 Å². The molecule has 8 nitrogen and oxygen atoms in total. The minimum atomic E-state index is -0.496. The number of para-hydroxylation sites is 1. The fraction of sp³-hybridized carbons (Fsp3) is 0.133. The van der Waals surface area contributed by atoms with E-state index in [1.54, 1.807) is 24.3 Å². The molecule has 1 unspecified atom stereocenters. The molecule has 0 aliphatic carbocycles. The van der Waals surface area contributed by atoms with Gasteiger partial charge in [0.15, 0.2) is 0 Å². The number of primary amides is 1. The molecule has 1 amide bonds. The molecule has 2 heterocycles. The molecule has 1 aromatic heterocycles. The van der Waals surface area contributed by atoms with Crippen LogP contribution < -0.4 is 21.8 Å². The Morgan fingerprint density at radius 1 is 1.30 bits per heavy atom. The summed E-state index contributed by atoms with van der Waals surface area (Å²) in [5, 5.41) is 8.15. The normalized spacial score (nSPS) is 16.4. The van der Waals surface area contributed by atoms with E-state index in [2.05, 4.69) is 26.0 Å². The molecular weight excluding hydrogens is 294 g/mol. The first-order chi connectivity index (χ1) is 11.1. The van der Waals surface area contributed by atoms with Crippen LogP contribution >= 0.6 is 0 Å². The number of carbonyl (C=O) groups excluding carboxylic acids is 1. The van der Waals surface area contributed by atoms with Gasteiger partial charge in [0.1, 0.15) is 24.1 Å². The number of nitrogens with zero attached hydrogens (tertiary/aromatic N) is 3. The molecule has 23 heavy (non-hydrogen) atoms. The number of hydrogen-bond donors (Lipinski definition) is 4. The van der Waals surface area contributed by atoms with Crippen LogP contribution in [0.15, 0.2) is 48.9 Å². The van der Waals surface area contributed by atoms with E-state index in [0.717, 1.165) is 0 Å². The first-order valence-electron chi connectivity index (χ1n) is 7.03. The molecule has 0 saturated carbocycles. The van der Waals surface area contributed by atoms with Gasteiger partial charge in [0.05, 0.1) is 11.3 Å². The molecule has 0 saturated heterocycles. The summed E-state index contributed by atoms with van der Waals surface area (Å²) in [5.41, 5.74) is 9.55. The van der Waals surface area contributed by atoms with Crippen LogP contribution in [0.25, 0.3) is 0 Å². The lowest BCUT2D eigenvalue weighted by atomic mass is 10.1. The molecule has 5 N–H and O–H groups in total. The average molecular weight is 311 g/mol. The highest BCUT2D eigenvalue weighted by Gasteiger charge is 2.13. The maximum Gasteiger partial charge on any atom is 0.250 e. The van der Waals surface area contributed by atoms with E-state index in [0.29, 0.717) is 22.9 Å². The maximum absolute atomic E-state index is 11.5. The second kappa shape index (κ2) is 6.32. The summed E-state index contributed by atoms with van der Waals surface area (Å²) in [6.45, 7) is 0. The Balaban J connectivity index is 1.76. The number of aromatic nitrogens is 2. The Labute approximate surface area is 133 Å². The molecule has 8 heteroatoms. The predicted octanol–water partition coefficient (Wildman–Crippen LogP) is 1.02. The van der Waals surface area contributed by atoms with Gasteiger partial charge in [-0.25, -0.2) is 15.4 Å². The lowest BCUT2D eigenvalue weighted by molar-refractivity contribution is 0.100. The summed E-state index contributed by atoms with van der Waals surface area (Å²) < 4.78 is 0. The number of rotatable bonds is 5. The molecule has 118 valence electrons. The van der Waals surface area contributed by atoms with E-state index in [1.807, 2.05) is 30.4 Å². The Morgan fingerprint density at radius 2 is 2.09 bits per heavy atom. The minimum absolute atomic E-state index is 0.0411. The molecule has 0 fully saturated rings. The monoisotopic (exact) mass is 311 g/mol. The van der Waals surface area contributed by atoms with Crippen LogP contribution in [0.3, 0.4) is 0 Å². The molecule has 1 atom stereocenters. The molecule has 3 rings (SSSR count). The zero-order valence-corrected chi connectivity index (χ0v) is 12.5. The Morgan fingerprint density at radius 3 is 2.83 bits per heavy atom. The van der Waals surface area contributed by atoms with Crippen molar-refractivity contribution in [2.75, 3.05) is 17.7 Å². The summed E-state index contributed by atoms with van der Waals surface area (Å²) in [7, 11) is 1.91. The Hall–Kier alpha value is -3.13. The van der Waals surface area contributed by atoms with Crippen molar-refractivity contribution in [3.63, 3.8) is 0 Å². The molecule has 1 aliphatic heterocycles. The summed E-state index contributed by atoms with van der Waals surface area (Å²) >= 11 is 0. The second-order valence-electron chi connectivity index (χ2n) is 5.03. The number of nitrogens with one attached hydrogen (secondary N) is 3. The van der Waals surface area contributed by atoms with E-state index >= 15 is 0 Å². The lowest BCUT2D eigenvalue weighted by Crippen LogP contribution is -2.37. The van der Waals surface area contributed by atoms with Gasteiger partial charge in [0, 0.05) is 19.3 Å². The topological polar surface area (TPSA) is 108 Å². The van der Waals surface area contributed by atoms with Gasteiger partial charge in [-0.1, -0.05) is 12.1 Å². The molecular formula is C15H17N7O. The second-order valence-corrected chi connectivity index (χ2v) is 5.03. The third-order valence-corrected chi connectivity index (χ3v) is 3.27. The molecule has 0 bridgehead atoms. The lowest BCUT2D eigenvalue weighted by Gasteiger charge is -2.17. The first kappa shape index (κ1) is 14.8. The third kappa shape index (κ3) is 3.55. The Kier molecular flexibility index (Phi) is 4.07. The SMILES string of the molecule is CN1C=CC(Nc2cc(Nc3ccccc3C(N)=O)ncn2)N1. The van der Waals surface area contributed by atoms with Gasteiger partial charge in [0.2, 0.25) is 0 Å². The van der Waals surface area contributed by atoms with Crippen LogP contribution in [-0.2, 0) is 0 Å². The highest BCUT2D eigenvalue weighted by Crippen LogP contribution is 2.20. The van der Waals surface area contributed by atoms with Gasteiger partial charge in [-0.2, -0.15) is 0 Å². The van der Waals surface area contributed by atoms with Crippen LogP contribution in [-0.4, -0.2) is 34.1 Å². The zero-order valence-electron chi connectivity index (χ0n) is 12.5. The van der Waals surface area contributed by atoms with Crippen molar-refractivity contribution in [2.45, 2.75) is 6.17 Å². The van der Waals surface area contributed by atoms with Crippen LogP contribution in [0, 0.1) is 0 Å². The summed E-state index contributed by atoms with van der Waals surface area (Å²) in [6.07, 6.45) is 5.29. The van der Waals surface area contributed by atoms with E-state index in [-0.39, 0.29) is 6.17 Å². The van der Waals surface area contributed by atoms with E-state index in [9.17, 15) is 4.79 Å². The van der Waals surface area contributed by atoms with Crippen molar-refractivity contribution in [3.05, 3.63) is 54.5 Å².